The number of carbonyl (C=O) groups excluding carboxylic acids is 1. The van der Waals surface area contributed by atoms with Crippen molar-refractivity contribution in [2.45, 2.75) is 39.7 Å². The van der Waals surface area contributed by atoms with Gasteiger partial charge in [-0.25, -0.2) is 0 Å². The molecule has 0 bridgehead atoms. The maximum atomic E-state index is 11.1. The SMILES string of the molecule is CCCOc1cc(OC)c(CC(C)NC(C)=O)cc1OC. The minimum atomic E-state index is -0.0451. The van der Waals surface area contributed by atoms with Crippen LogP contribution in [0.15, 0.2) is 12.1 Å². The van der Waals surface area contributed by atoms with Crippen LogP contribution in [0.5, 0.6) is 17.2 Å². The molecule has 21 heavy (non-hydrogen) atoms. The van der Waals surface area contributed by atoms with Gasteiger partial charge in [0.1, 0.15) is 5.75 Å². The summed E-state index contributed by atoms with van der Waals surface area (Å²) in [5.74, 6) is 2.04. The Labute approximate surface area is 126 Å². The highest BCUT2D eigenvalue weighted by molar-refractivity contribution is 5.73. The fourth-order valence-electron chi connectivity index (χ4n) is 2.15. The summed E-state index contributed by atoms with van der Waals surface area (Å²) < 4.78 is 16.5. The molecule has 1 unspecified atom stereocenters. The number of benzene rings is 1. The summed E-state index contributed by atoms with van der Waals surface area (Å²) in [4.78, 5) is 11.1. The molecule has 1 atom stereocenters. The van der Waals surface area contributed by atoms with E-state index >= 15 is 0 Å². The third-order valence-electron chi connectivity index (χ3n) is 3.00. The molecule has 5 nitrogen and oxygen atoms in total. The molecule has 0 aromatic heterocycles. The van der Waals surface area contributed by atoms with Crippen LogP contribution in [-0.2, 0) is 11.2 Å². The molecule has 1 aromatic carbocycles. The van der Waals surface area contributed by atoms with Crippen molar-refractivity contribution in [2.24, 2.45) is 0 Å². The predicted octanol–water partition coefficient (Wildman–Crippen LogP) is 2.56. The summed E-state index contributed by atoms with van der Waals surface area (Å²) in [6.45, 7) is 6.14. The van der Waals surface area contributed by atoms with E-state index in [0.717, 1.165) is 17.7 Å². The lowest BCUT2D eigenvalue weighted by atomic mass is 10.0. The topological polar surface area (TPSA) is 56.8 Å². The van der Waals surface area contributed by atoms with Crippen LogP contribution in [0.25, 0.3) is 0 Å². The number of methoxy groups -OCH3 is 2. The lowest BCUT2D eigenvalue weighted by Gasteiger charge is -2.18. The molecule has 5 heteroatoms. The Balaban J connectivity index is 2.99. The largest absolute Gasteiger partial charge is 0.496 e. The lowest BCUT2D eigenvalue weighted by Crippen LogP contribution is -2.32. The molecule has 1 N–H and O–H groups in total. The zero-order valence-electron chi connectivity index (χ0n) is 13.5. The van der Waals surface area contributed by atoms with Crippen LogP contribution in [0.3, 0.4) is 0 Å². The highest BCUT2D eigenvalue weighted by Crippen LogP contribution is 2.35. The summed E-state index contributed by atoms with van der Waals surface area (Å²) in [5, 5.41) is 2.86. The summed E-state index contributed by atoms with van der Waals surface area (Å²) >= 11 is 0. The fourth-order valence-corrected chi connectivity index (χ4v) is 2.15. The minimum absolute atomic E-state index is 0.0171. The standard InChI is InChI=1S/C16H25NO4/c1-6-7-21-16-10-14(19-4)13(9-15(16)20-5)8-11(2)17-12(3)18/h9-11H,6-8H2,1-5H3,(H,17,18). The predicted molar refractivity (Wildman–Crippen MR) is 82.3 cm³/mol. The van der Waals surface area contributed by atoms with E-state index in [4.69, 9.17) is 14.2 Å². The number of hydrogen-bond donors (Lipinski definition) is 1. The Morgan fingerprint density at radius 2 is 1.86 bits per heavy atom. The maximum absolute atomic E-state index is 11.1. The Morgan fingerprint density at radius 1 is 1.19 bits per heavy atom. The summed E-state index contributed by atoms with van der Waals surface area (Å²) in [5.41, 5.74) is 0.972. The van der Waals surface area contributed by atoms with Gasteiger partial charge in [0.05, 0.1) is 20.8 Å². The van der Waals surface area contributed by atoms with Crippen LogP contribution in [-0.4, -0.2) is 32.8 Å². The van der Waals surface area contributed by atoms with Crippen molar-refractivity contribution < 1.29 is 19.0 Å². The van der Waals surface area contributed by atoms with Gasteiger partial charge in [0.2, 0.25) is 5.91 Å². The van der Waals surface area contributed by atoms with E-state index in [-0.39, 0.29) is 11.9 Å². The smallest absolute Gasteiger partial charge is 0.217 e. The molecule has 0 aliphatic carbocycles. The zero-order valence-corrected chi connectivity index (χ0v) is 13.5. The molecule has 0 heterocycles. The first-order valence-electron chi connectivity index (χ1n) is 7.16. The van der Waals surface area contributed by atoms with Gasteiger partial charge in [-0.2, -0.15) is 0 Å². The maximum Gasteiger partial charge on any atom is 0.217 e. The monoisotopic (exact) mass is 295 g/mol. The van der Waals surface area contributed by atoms with Gasteiger partial charge in [-0.1, -0.05) is 6.92 Å². The fraction of sp³-hybridized carbons (Fsp3) is 0.562. The normalized spacial score (nSPS) is 11.7. The van der Waals surface area contributed by atoms with E-state index in [9.17, 15) is 4.79 Å². The van der Waals surface area contributed by atoms with Gasteiger partial charge >= 0.3 is 0 Å². The molecule has 0 aliphatic heterocycles. The molecule has 0 saturated carbocycles. The van der Waals surface area contributed by atoms with Crippen molar-refractivity contribution in [1.29, 1.82) is 0 Å². The third-order valence-corrected chi connectivity index (χ3v) is 3.00. The number of rotatable bonds is 8. The first-order chi connectivity index (χ1) is 10.0. The minimum Gasteiger partial charge on any atom is -0.496 e. The Morgan fingerprint density at radius 3 is 2.38 bits per heavy atom. The number of amides is 1. The molecular weight excluding hydrogens is 270 g/mol. The van der Waals surface area contributed by atoms with Crippen molar-refractivity contribution in [3.8, 4) is 17.2 Å². The Hall–Kier alpha value is -1.91. The molecule has 1 aromatic rings. The van der Waals surface area contributed by atoms with Gasteiger partial charge in [0.15, 0.2) is 11.5 Å². The van der Waals surface area contributed by atoms with Gasteiger partial charge < -0.3 is 19.5 Å². The van der Waals surface area contributed by atoms with E-state index in [1.165, 1.54) is 6.92 Å². The van der Waals surface area contributed by atoms with E-state index in [0.29, 0.717) is 24.5 Å². The zero-order chi connectivity index (χ0) is 15.8. The van der Waals surface area contributed by atoms with Crippen molar-refractivity contribution in [3.63, 3.8) is 0 Å². The molecule has 0 aliphatic rings. The highest BCUT2D eigenvalue weighted by atomic mass is 16.5. The summed E-state index contributed by atoms with van der Waals surface area (Å²) in [6, 6.07) is 3.76. The highest BCUT2D eigenvalue weighted by Gasteiger charge is 2.15. The van der Waals surface area contributed by atoms with Gasteiger partial charge in [0.25, 0.3) is 0 Å². The van der Waals surface area contributed by atoms with Gasteiger partial charge in [0, 0.05) is 24.6 Å². The first kappa shape index (κ1) is 17.1. The van der Waals surface area contributed by atoms with E-state index < -0.39 is 0 Å². The van der Waals surface area contributed by atoms with Gasteiger partial charge in [-0.05, 0) is 25.8 Å². The average Bonchev–Trinajstić information content (AvgIpc) is 2.44. The summed E-state index contributed by atoms with van der Waals surface area (Å²) in [7, 11) is 3.24. The second kappa shape index (κ2) is 8.39. The molecule has 0 fully saturated rings. The Kier molecular flexibility index (Phi) is 6.85. The van der Waals surface area contributed by atoms with Gasteiger partial charge in [-0.15, -0.1) is 0 Å². The average molecular weight is 295 g/mol. The second-order valence-corrected chi connectivity index (χ2v) is 4.97. The number of hydrogen-bond acceptors (Lipinski definition) is 4. The molecule has 0 saturated heterocycles. The third kappa shape index (κ3) is 5.17. The first-order valence-corrected chi connectivity index (χ1v) is 7.16. The number of nitrogens with one attached hydrogen (secondary N) is 1. The molecule has 0 spiro atoms. The second-order valence-electron chi connectivity index (χ2n) is 4.97. The molecule has 118 valence electrons. The van der Waals surface area contributed by atoms with E-state index in [1.54, 1.807) is 14.2 Å². The molecule has 1 amide bonds. The van der Waals surface area contributed by atoms with Crippen LogP contribution in [0.1, 0.15) is 32.8 Å². The Bertz CT molecular complexity index is 474. The van der Waals surface area contributed by atoms with Crippen LogP contribution in [0, 0.1) is 0 Å². The number of carbonyl (C=O) groups is 1. The van der Waals surface area contributed by atoms with Crippen molar-refractivity contribution in [1.82, 2.24) is 5.32 Å². The van der Waals surface area contributed by atoms with E-state index in [1.807, 2.05) is 26.0 Å². The van der Waals surface area contributed by atoms with Crippen LogP contribution in [0.2, 0.25) is 0 Å². The van der Waals surface area contributed by atoms with Crippen molar-refractivity contribution >= 4 is 5.91 Å². The van der Waals surface area contributed by atoms with Crippen molar-refractivity contribution in [2.75, 3.05) is 20.8 Å². The van der Waals surface area contributed by atoms with Crippen LogP contribution < -0.4 is 19.5 Å². The molecule has 0 radical (unpaired) electrons. The van der Waals surface area contributed by atoms with Crippen molar-refractivity contribution in [3.05, 3.63) is 17.7 Å². The van der Waals surface area contributed by atoms with Crippen LogP contribution in [0.4, 0.5) is 0 Å². The molecule has 1 rings (SSSR count). The number of ether oxygens (including phenoxy) is 3. The molecular formula is C16H25NO4. The lowest BCUT2D eigenvalue weighted by molar-refractivity contribution is -0.119. The van der Waals surface area contributed by atoms with Gasteiger partial charge in [-0.3, -0.25) is 4.79 Å². The quantitative estimate of drug-likeness (QED) is 0.801. The summed E-state index contributed by atoms with van der Waals surface area (Å²) in [6.07, 6.45) is 1.58. The van der Waals surface area contributed by atoms with E-state index in [2.05, 4.69) is 5.32 Å². The van der Waals surface area contributed by atoms with Crippen LogP contribution >= 0.6 is 0 Å².